The molecule has 100 valence electrons. The van der Waals surface area contributed by atoms with Gasteiger partial charge in [0.15, 0.2) is 0 Å². The van der Waals surface area contributed by atoms with Gasteiger partial charge in [0.05, 0.1) is 0 Å². The number of hydrogen-bond donors (Lipinski definition) is 1. The minimum Gasteiger partial charge on any atom is -1.00 e. The van der Waals surface area contributed by atoms with Crippen LogP contribution in [0.15, 0.2) is 30.3 Å². The van der Waals surface area contributed by atoms with Crippen LogP contribution >= 0.6 is 0 Å². The van der Waals surface area contributed by atoms with Crippen molar-refractivity contribution in [3.05, 3.63) is 35.9 Å². The van der Waals surface area contributed by atoms with E-state index in [-0.39, 0.29) is 29.8 Å². The third-order valence-corrected chi connectivity index (χ3v) is 3.83. The van der Waals surface area contributed by atoms with Crippen LogP contribution in [0.1, 0.15) is 25.8 Å². The summed E-state index contributed by atoms with van der Waals surface area (Å²) in [6, 6.07) is 10.3. The number of quaternary nitrogens is 1. The van der Waals surface area contributed by atoms with Crippen molar-refractivity contribution in [3.63, 3.8) is 0 Å². The summed E-state index contributed by atoms with van der Waals surface area (Å²) in [5, 5.41) is 0. The van der Waals surface area contributed by atoms with Gasteiger partial charge >= 0.3 is 0 Å². The van der Waals surface area contributed by atoms with E-state index < -0.39 is 0 Å². The van der Waals surface area contributed by atoms with E-state index in [1.54, 1.807) is 0 Å². The standard InChI is InChI=1S/C14H20N2O.ClH/c1-3-16(4-2)13(17)14(10-12(14)15)11-8-6-5-7-9-11;/h5-9,12H,3-4,10,15H2,1-2H3;1H/t12-,14+;/m1./s1. The van der Waals surface area contributed by atoms with Gasteiger partial charge in [0.1, 0.15) is 11.5 Å². The van der Waals surface area contributed by atoms with Crippen molar-refractivity contribution in [2.24, 2.45) is 0 Å². The predicted molar refractivity (Wildman–Crippen MR) is 67.3 cm³/mol. The van der Waals surface area contributed by atoms with Gasteiger partial charge in [-0.1, -0.05) is 30.3 Å². The van der Waals surface area contributed by atoms with Gasteiger partial charge < -0.3 is 23.0 Å². The maximum Gasteiger partial charge on any atom is 0.239 e. The summed E-state index contributed by atoms with van der Waals surface area (Å²) in [5.74, 6) is 0.244. The normalized spacial score (nSPS) is 25.2. The second-order valence-electron chi connectivity index (χ2n) is 4.72. The minimum absolute atomic E-state index is 0. The molecule has 1 aliphatic rings. The Labute approximate surface area is 115 Å². The van der Waals surface area contributed by atoms with Gasteiger partial charge in [-0.25, -0.2) is 0 Å². The van der Waals surface area contributed by atoms with E-state index in [1.807, 2.05) is 49.1 Å². The van der Waals surface area contributed by atoms with Crippen LogP contribution in [0.3, 0.4) is 0 Å². The van der Waals surface area contributed by atoms with Crippen molar-refractivity contribution in [1.82, 2.24) is 4.90 Å². The van der Waals surface area contributed by atoms with Gasteiger partial charge in [-0.05, 0) is 19.4 Å². The first-order valence-electron chi connectivity index (χ1n) is 6.34. The number of rotatable bonds is 4. The lowest BCUT2D eigenvalue weighted by molar-refractivity contribution is -0.389. The van der Waals surface area contributed by atoms with Gasteiger partial charge in [-0.3, -0.25) is 4.79 Å². The number of benzene rings is 1. The highest BCUT2D eigenvalue weighted by molar-refractivity contribution is 5.92. The summed E-state index contributed by atoms with van der Waals surface area (Å²) in [4.78, 5) is 14.5. The van der Waals surface area contributed by atoms with Crippen LogP contribution < -0.4 is 18.1 Å². The zero-order valence-corrected chi connectivity index (χ0v) is 11.8. The Kier molecular flexibility index (Phi) is 4.77. The molecular weight excluding hydrogens is 248 g/mol. The first-order chi connectivity index (χ1) is 8.16. The first-order valence-corrected chi connectivity index (χ1v) is 6.34. The molecule has 3 N–H and O–H groups in total. The van der Waals surface area contributed by atoms with Gasteiger partial charge in [0.25, 0.3) is 0 Å². The second kappa shape index (κ2) is 5.72. The van der Waals surface area contributed by atoms with E-state index in [0.29, 0.717) is 0 Å². The number of hydrogen-bond acceptors (Lipinski definition) is 1. The molecule has 1 saturated carbocycles. The maximum atomic E-state index is 12.6. The second-order valence-corrected chi connectivity index (χ2v) is 4.72. The van der Waals surface area contributed by atoms with Crippen molar-refractivity contribution in [1.29, 1.82) is 0 Å². The Morgan fingerprint density at radius 3 is 2.22 bits per heavy atom. The van der Waals surface area contributed by atoms with Crippen LogP contribution in [0.5, 0.6) is 0 Å². The molecule has 4 heteroatoms. The summed E-state index contributed by atoms with van der Waals surface area (Å²) >= 11 is 0. The summed E-state index contributed by atoms with van der Waals surface area (Å²) in [7, 11) is 0. The predicted octanol–water partition coefficient (Wildman–Crippen LogP) is -2.19. The van der Waals surface area contributed by atoms with Gasteiger partial charge in [-0.15, -0.1) is 0 Å². The quantitative estimate of drug-likeness (QED) is 0.663. The number of carbonyl (C=O) groups is 1. The smallest absolute Gasteiger partial charge is 0.239 e. The molecule has 0 bridgehead atoms. The van der Waals surface area contributed by atoms with E-state index >= 15 is 0 Å². The highest BCUT2D eigenvalue weighted by Crippen LogP contribution is 2.47. The molecule has 2 atom stereocenters. The molecule has 1 aromatic carbocycles. The van der Waals surface area contributed by atoms with Crippen molar-refractivity contribution in [3.8, 4) is 0 Å². The van der Waals surface area contributed by atoms with Crippen LogP contribution in [-0.4, -0.2) is 29.9 Å². The van der Waals surface area contributed by atoms with Crippen LogP contribution in [0, 0.1) is 0 Å². The molecule has 18 heavy (non-hydrogen) atoms. The monoisotopic (exact) mass is 268 g/mol. The summed E-state index contributed by atoms with van der Waals surface area (Å²) < 4.78 is 0. The molecule has 0 aromatic heterocycles. The van der Waals surface area contributed by atoms with E-state index in [4.69, 9.17) is 0 Å². The Morgan fingerprint density at radius 2 is 1.83 bits per heavy atom. The molecule has 1 aliphatic carbocycles. The highest BCUT2D eigenvalue weighted by Gasteiger charge is 2.63. The van der Waals surface area contributed by atoms with Gasteiger partial charge in [-0.2, -0.15) is 0 Å². The molecule has 2 rings (SSSR count). The molecule has 0 radical (unpaired) electrons. The number of carbonyl (C=O) groups excluding carboxylic acids is 1. The van der Waals surface area contributed by atoms with Crippen LogP contribution in [0.4, 0.5) is 0 Å². The van der Waals surface area contributed by atoms with Crippen LogP contribution in [0.25, 0.3) is 0 Å². The number of likely N-dealkylation sites (N-methyl/N-ethyl adjacent to an activating group) is 1. The molecule has 1 amide bonds. The first kappa shape index (κ1) is 15.0. The summed E-state index contributed by atoms with van der Waals surface area (Å²) in [6.45, 7) is 5.61. The molecular formula is C14H21ClN2O. The third-order valence-electron chi connectivity index (χ3n) is 3.83. The van der Waals surface area contributed by atoms with E-state index in [9.17, 15) is 4.79 Å². The molecule has 0 saturated heterocycles. The minimum atomic E-state index is -0.340. The highest BCUT2D eigenvalue weighted by atomic mass is 35.5. The SMILES string of the molecule is CCN(CC)C(=O)[C@]1(c2ccccc2)C[C@H]1[NH3+].[Cl-]. The Bertz CT molecular complexity index is 406. The van der Waals surface area contributed by atoms with Crippen molar-refractivity contribution < 1.29 is 22.9 Å². The number of halogens is 1. The average molecular weight is 269 g/mol. The summed E-state index contributed by atoms with van der Waals surface area (Å²) in [5.41, 5.74) is 4.89. The fourth-order valence-electron chi connectivity index (χ4n) is 2.60. The molecule has 0 aliphatic heterocycles. The average Bonchev–Trinajstić information content (AvgIpc) is 3.05. The van der Waals surface area contributed by atoms with Crippen LogP contribution in [-0.2, 0) is 10.2 Å². The lowest BCUT2D eigenvalue weighted by Gasteiger charge is -2.24. The largest absolute Gasteiger partial charge is 1.00 e. The fourth-order valence-corrected chi connectivity index (χ4v) is 2.60. The molecule has 0 unspecified atom stereocenters. The number of amides is 1. The van der Waals surface area contributed by atoms with Crippen LogP contribution in [0.2, 0.25) is 0 Å². The molecule has 1 fully saturated rings. The van der Waals surface area contributed by atoms with E-state index in [0.717, 1.165) is 25.1 Å². The fraction of sp³-hybridized carbons (Fsp3) is 0.500. The lowest BCUT2D eigenvalue weighted by Crippen LogP contribution is -3.00. The van der Waals surface area contributed by atoms with Gasteiger partial charge in [0, 0.05) is 19.5 Å². The maximum absolute atomic E-state index is 12.6. The topological polar surface area (TPSA) is 48.0 Å². The molecule has 3 nitrogen and oxygen atoms in total. The van der Waals surface area contributed by atoms with Gasteiger partial charge in [0.2, 0.25) is 5.91 Å². The molecule has 0 heterocycles. The molecule has 1 aromatic rings. The van der Waals surface area contributed by atoms with E-state index in [1.165, 1.54) is 0 Å². The summed E-state index contributed by atoms with van der Waals surface area (Å²) in [6.07, 6.45) is 0.881. The van der Waals surface area contributed by atoms with E-state index in [2.05, 4.69) is 5.73 Å². The Hall–Kier alpha value is -1.06. The molecule has 0 spiro atoms. The zero-order valence-electron chi connectivity index (χ0n) is 11.0. The van der Waals surface area contributed by atoms with Crippen molar-refractivity contribution in [2.45, 2.75) is 31.7 Å². The third kappa shape index (κ3) is 2.25. The van der Waals surface area contributed by atoms with Crippen molar-refractivity contribution >= 4 is 5.91 Å². The lowest BCUT2D eigenvalue weighted by atomic mass is 9.93. The number of nitrogens with zero attached hydrogens (tertiary/aromatic N) is 1. The zero-order chi connectivity index (χ0) is 12.5. The van der Waals surface area contributed by atoms with Crippen molar-refractivity contribution in [2.75, 3.05) is 13.1 Å². The Balaban J connectivity index is 0.00000162. The Morgan fingerprint density at radius 1 is 1.33 bits per heavy atom.